The van der Waals surface area contributed by atoms with Gasteiger partial charge in [-0.15, -0.1) is 0 Å². The van der Waals surface area contributed by atoms with Crippen LogP contribution in [0.25, 0.3) is 0 Å². The normalized spacial score (nSPS) is 14.4. The van der Waals surface area contributed by atoms with Gasteiger partial charge in [-0.25, -0.2) is 4.79 Å². The molecule has 0 saturated carbocycles. The van der Waals surface area contributed by atoms with E-state index >= 15 is 0 Å². The molecule has 0 radical (unpaired) electrons. The molecule has 1 rings (SSSR count). The smallest absolute Gasteiger partial charge is 0.407 e. The maximum atomic E-state index is 12.7. The van der Waals surface area contributed by atoms with Crippen molar-refractivity contribution in [3.05, 3.63) is 23.8 Å². The second kappa shape index (κ2) is 19.3. The van der Waals surface area contributed by atoms with Crippen molar-refractivity contribution in [2.45, 2.75) is 104 Å². The summed E-state index contributed by atoms with van der Waals surface area (Å²) >= 11 is 0. The molecule has 4 atom stereocenters. The van der Waals surface area contributed by atoms with Gasteiger partial charge in [0.1, 0.15) is 5.60 Å². The molecule has 43 heavy (non-hydrogen) atoms. The number of carboxylic acid groups (broad SMARTS) is 2. The number of amides is 1. The fraction of sp³-hybridized carbons (Fsp3) is 0.719. The van der Waals surface area contributed by atoms with Crippen LogP contribution in [0.4, 0.5) is 4.79 Å². The number of aliphatic hydroxyl groups excluding tert-OH is 1. The van der Waals surface area contributed by atoms with Crippen molar-refractivity contribution in [2.75, 3.05) is 26.9 Å². The average molecular weight is 612 g/mol. The highest BCUT2D eigenvalue weighted by atomic mass is 16.6. The molecule has 1 amide bonds. The minimum Gasteiger partial charge on any atom is -0.490 e. The number of nitrogens with one attached hydrogen (secondary N) is 1. The SMILES string of the molecule is COCCCOc1cc(C[C@@H](C[C@H](NC(=O)OC(C)(C)C)[C@@H](O)C[C@@H](C)C(=O)O)C(C)C)ccc1OCCCCC(=O)O. The predicted octanol–water partition coefficient (Wildman–Crippen LogP) is 5.31. The molecular formula is C32H53NO10. The number of carboxylic acids is 2. The van der Waals surface area contributed by atoms with E-state index in [4.69, 9.17) is 24.1 Å². The van der Waals surface area contributed by atoms with Gasteiger partial charge in [-0.3, -0.25) is 9.59 Å². The monoisotopic (exact) mass is 611 g/mol. The Morgan fingerprint density at radius 1 is 0.907 bits per heavy atom. The molecule has 246 valence electrons. The molecule has 0 aliphatic heterocycles. The van der Waals surface area contributed by atoms with Crippen LogP contribution >= 0.6 is 0 Å². The van der Waals surface area contributed by atoms with Gasteiger partial charge in [0, 0.05) is 26.6 Å². The Labute approximate surface area is 256 Å². The van der Waals surface area contributed by atoms with Crippen LogP contribution in [-0.4, -0.2) is 78.0 Å². The van der Waals surface area contributed by atoms with E-state index < -0.39 is 41.7 Å². The first-order valence-electron chi connectivity index (χ1n) is 15.1. The highest BCUT2D eigenvalue weighted by molar-refractivity contribution is 5.70. The summed E-state index contributed by atoms with van der Waals surface area (Å²) in [5.41, 5.74) is 0.244. The van der Waals surface area contributed by atoms with Gasteiger partial charge < -0.3 is 39.6 Å². The van der Waals surface area contributed by atoms with Gasteiger partial charge in [0.25, 0.3) is 0 Å². The first-order chi connectivity index (χ1) is 20.1. The highest BCUT2D eigenvalue weighted by Gasteiger charge is 2.31. The zero-order valence-electron chi connectivity index (χ0n) is 26.9. The quantitative estimate of drug-likeness (QED) is 0.134. The number of methoxy groups -OCH3 is 1. The largest absolute Gasteiger partial charge is 0.490 e. The molecule has 11 heteroatoms. The van der Waals surface area contributed by atoms with Gasteiger partial charge in [0.15, 0.2) is 11.5 Å². The number of carbonyl (C=O) groups is 3. The molecular weight excluding hydrogens is 558 g/mol. The summed E-state index contributed by atoms with van der Waals surface area (Å²) in [6.45, 7) is 12.3. The summed E-state index contributed by atoms with van der Waals surface area (Å²) in [5, 5.41) is 32.1. The van der Waals surface area contributed by atoms with Crippen LogP contribution in [-0.2, 0) is 25.5 Å². The van der Waals surface area contributed by atoms with Gasteiger partial charge >= 0.3 is 18.0 Å². The Morgan fingerprint density at radius 3 is 2.14 bits per heavy atom. The molecule has 0 bridgehead atoms. The third-order valence-electron chi connectivity index (χ3n) is 6.98. The molecule has 0 saturated heterocycles. The number of rotatable bonds is 21. The topological polar surface area (TPSA) is 161 Å². The van der Waals surface area contributed by atoms with E-state index in [9.17, 15) is 24.6 Å². The van der Waals surface area contributed by atoms with Gasteiger partial charge in [0.05, 0.1) is 31.3 Å². The molecule has 0 aromatic heterocycles. The maximum absolute atomic E-state index is 12.7. The minimum absolute atomic E-state index is 0.0128. The molecule has 1 aromatic carbocycles. The van der Waals surface area contributed by atoms with Gasteiger partial charge in [0.2, 0.25) is 0 Å². The Balaban J connectivity index is 3.14. The number of alkyl carbamates (subject to hydrolysis) is 1. The highest BCUT2D eigenvalue weighted by Crippen LogP contribution is 2.32. The number of carbonyl (C=O) groups excluding carboxylic acids is 1. The van der Waals surface area contributed by atoms with Crippen LogP contribution < -0.4 is 14.8 Å². The second-order valence-corrected chi connectivity index (χ2v) is 12.4. The van der Waals surface area contributed by atoms with Crippen molar-refractivity contribution in [3.63, 3.8) is 0 Å². The van der Waals surface area contributed by atoms with E-state index in [1.54, 1.807) is 27.9 Å². The van der Waals surface area contributed by atoms with Gasteiger partial charge in [-0.05, 0) is 82.4 Å². The summed E-state index contributed by atoms with van der Waals surface area (Å²) < 4.78 is 22.5. The molecule has 0 aliphatic carbocycles. The molecule has 1 aromatic rings. The van der Waals surface area contributed by atoms with Crippen LogP contribution in [0, 0.1) is 17.8 Å². The van der Waals surface area contributed by atoms with Crippen molar-refractivity contribution in [2.24, 2.45) is 17.8 Å². The van der Waals surface area contributed by atoms with E-state index in [1.807, 2.05) is 18.2 Å². The number of ether oxygens (including phenoxy) is 4. The van der Waals surface area contributed by atoms with Crippen LogP contribution in [0.5, 0.6) is 11.5 Å². The Kier molecular flexibility index (Phi) is 17.0. The second-order valence-electron chi connectivity index (χ2n) is 12.4. The predicted molar refractivity (Wildman–Crippen MR) is 163 cm³/mol. The zero-order chi connectivity index (χ0) is 32.6. The molecule has 0 heterocycles. The first-order valence-corrected chi connectivity index (χ1v) is 15.1. The first kappa shape index (κ1) is 38.0. The van der Waals surface area contributed by atoms with E-state index in [2.05, 4.69) is 19.2 Å². The van der Waals surface area contributed by atoms with Crippen molar-refractivity contribution in [3.8, 4) is 11.5 Å². The van der Waals surface area contributed by atoms with Crippen molar-refractivity contribution < 1.29 is 48.7 Å². The number of hydrogen-bond donors (Lipinski definition) is 4. The number of benzene rings is 1. The van der Waals surface area contributed by atoms with Crippen molar-refractivity contribution >= 4 is 18.0 Å². The molecule has 0 fully saturated rings. The van der Waals surface area contributed by atoms with E-state index in [-0.39, 0.29) is 24.7 Å². The fourth-order valence-electron chi connectivity index (χ4n) is 4.48. The molecule has 11 nitrogen and oxygen atoms in total. The molecule has 0 aliphatic rings. The summed E-state index contributed by atoms with van der Waals surface area (Å²) in [6.07, 6.45) is 1.14. The lowest BCUT2D eigenvalue weighted by molar-refractivity contribution is -0.142. The summed E-state index contributed by atoms with van der Waals surface area (Å²) in [7, 11) is 1.63. The summed E-state index contributed by atoms with van der Waals surface area (Å²) in [4.78, 5) is 34.9. The van der Waals surface area contributed by atoms with Crippen molar-refractivity contribution in [1.29, 1.82) is 0 Å². The maximum Gasteiger partial charge on any atom is 0.407 e. The van der Waals surface area contributed by atoms with Gasteiger partial charge in [-0.2, -0.15) is 0 Å². The Bertz CT molecular complexity index is 991. The molecule has 0 unspecified atom stereocenters. The third kappa shape index (κ3) is 16.4. The summed E-state index contributed by atoms with van der Waals surface area (Å²) in [5.74, 6) is -1.31. The van der Waals surface area contributed by atoms with Crippen LogP contribution in [0.3, 0.4) is 0 Å². The fourth-order valence-corrected chi connectivity index (χ4v) is 4.48. The van der Waals surface area contributed by atoms with E-state index in [1.165, 1.54) is 6.92 Å². The zero-order valence-corrected chi connectivity index (χ0v) is 26.9. The van der Waals surface area contributed by atoms with Crippen LogP contribution in [0.2, 0.25) is 0 Å². The average Bonchev–Trinajstić information content (AvgIpc) is 2.89. The number of aliphatic carboxylic acids is 2. The standard InChI is InChI=1S/C32H53NO10/c1-21(2)24(20-25(26(34)17-22(3)30(37)38)33-31(39)43-32(4,5)6)18-23-12-13-27(41-15-9-8-11-29(35)36)28(19-23)42-16-10-14-40-7/h12-13,19,21-22,24-26,34H,8-11,14-18,20H2,1-7H3,(H,33,39)(H,35,36)(H,37,38)/t22-,24+,25+,26+/m1/s1. The van der Waals surface area contributed by atoms with Crippen molar-refractivity contribution in [1.82, 2.24) is 5.32 Å². The van der Waals surface area contributed by atoms with E-state index in [0.29, 0.717) is 63.4 Å². The lowest BCUT2D eigenvalue weighted by Gasteiger charge is -2.32. The number of hydrogen-bond acceptors (Lipinski definition) is 8. The molecule has 4 N–H and O–H groups in total. The summed E-state index contributed by atoms with van der Waals surface area (Å²) in [6, 6.07) is 4.99. The number of unbranched alkanes of at least 4 members (excludes halogenated alkanes) is 1. The van der Waals surface area contributed by atoms with Crippen LogP contribution in [0.1, 0.15) is 85.6 Å². The lowest BCUT2D eigenvalue weighted by atomic mass is 9.82. The molecule has 0 spiro atoms. The lowest BCUT2D eigenvalue weighted by Crippen LogP contribution is -2.47. The minimum atomic E-state index is -1.09. The van der Waals surface area contributed by atoms with E-state index in [0.717, 1.165) is 5.56 Å². The Morgan fingerprint density at radius 2 is 1.56 bits per heavy atom. The van der Waals surface area contributed by atoms with Crippen LogP contribution in [0.15, 0.2) is 18.2 Å². The number of aliphatic hydroxyl groups is 1. The third-order valence-corrected chi connectivity index (χ3v) is 6.98. The van der Waals surface area contributed by atoms with Gasteiger partial charge in [-0.1, -0.05) is 26.8 Å². The Hall–Kier alpha value is -3.05.